The van der Waals surface area contributed by atoms with E-state index in [1.165, 1.54) is 6.92 Å². The van der Waals surface area contributed by atoms with Gasteiger partial charge in [-0.3, -0.25) is 9.59 Å². The van der Waals surface area contributed by atoms with Crippen LogP contribution in [-0.4, -0.2) is 47.1 Å². The van der Waals surface area contributed by atoms with Gasteiger partial charge in [0, 0.05) is 6.92 Å². The van der Waals surface area contributed by atoms with Gasteiger partial charge in [0.2, 0.25) is 11.8 Å². The zero-order valence-corrected chi connectivity index (χ0v) is 8.82. The van der Waals surface area contributed by atoms with Crippen LogP contribution < -0.4 is 5.32 Å². The first kappa shape index (κ1) is 10.4. The van der Waals surface area contributed by atoms with Gasteiger partial charge in [-0.05, 0) is 18.8 Å². The fourth-order valence-electron chi connectivity index (χ4n) is 1.98. The van der Waals surface area contributed by atoms with Crippen molar-refractivity contribution in [1.82, 2.24) is 10.2 Å². The van der Waals surface area contributed by atoms with E-state index in [0.717, 1.165) is 12.8 Å². The molecule has 2 fully saturated rings. The zero-order valence-electron chi connectivity index (χ0n) is 8.82. The summed E-state index contributed by atoms with van der Waals surface area (Å²) in [5.74, 6) is 0.0687. The molecule has 0 unspecified atom stereocenters. The largest absolute Gasteiger partial charge is 0.386 e. The van der Waals surface area contributed by atoms with Gasteiger partial charge in [-0.25, -0.2) is 0 Å². The lowest BCUT2D eigenvalue weighted by Crippen LogP contribution is -2.65. The molecule has 15 heavy (non-hydrogen) atoms. The number of nitrogens with zero attached hydrogens (tertiary/aromatic N) is 1. The number of carbonyl (C=O) groups is 2. The Kier molecular flexibility index (Phi) is 2.42. The highest BCUT2D eigenvalue weighted by Gasteiger charge is 2.53. The molecule has 2 N–H and O–H groups in total. The number of amides is 2. The van der Waals surface area contributed by atoms with E-state index in [9.17, 15) is 14.7 Å². The van der Waals surface area contributed by atoms with Gasteiger partial charge in [0.25, 0.3) is 0 Å². The highest BCUT2D eigenvalue weighted by Crippen LogP contribution is 2.44. The highest BCUT2D eigenvalue weighted by molar-refractivity contribution is 5.84. The number of rotatable bonds is 3. The second-order valence-corrected chi connectivity index (χ2v) is 4.54. The Balaban J connectivity index is 1.73. The van der Waals surface area contributed by atoms with E-state index in [0.29, 0.717) is 19.0 Å². The van der Waals surface area contributed by atoms with Gasteiger partial charge in [0.05, 0.1) is 19.6 Å². The Labute approximate surface area is 88.4 Å². The summed E-state index contributed by atoms with van der Waals surface area (Å²) in [5, 5.41) is 12.4. The van der Waals surface area contributed by atoms with Crippen LogP contribution in [-0.2, 0) is 9.59 Å². The first-order chi connectivity index (χ1) is 7.01. The van der Waals surface area contributed by atoms with Crippen molar-refractivity contribution in [3.8, 4) is 0 Å². The van der Waals surface area contributed by atoms with Crippen molar-refractivity contribution in [2.75, 3.05) is 19.6 Å². The Morgan fingerprint density at radius 2 is 2.07 bits per heavy atom. The molecule has 0 aromatic carbocycles. The average Bonchev–Trinajstić information content (AvgIpc) is 2.91. The van der Waals surface area contributed by atoms with Gasteiger partial charge < -0.3 is 15.3 Å². The first-order valence-electron chi connectivity index (χ1n) is 5.26. The molecule has 1 aliphatic carbocycles. The van der Waals surface area contributed by atoms with Crippen LogP contribution in [0.2, 0.25) is 0 Å². The highest BCUT2D eigenvalue weighted by atomic mass is 16.3. The summed E-state index contributed by atoms with van der Waals surface area (Å²) in [7, 11) is 0. The molecular weight excluding hydrogens is 196 g/mol. The third-order valence-corrected chi connectivity index (χ3v) is 3.11. The molecule has 2 amide bonds. The number of likely N-dealkylation sites (tertiary alicyclic amines) is 1. The van der Waals surface area contributed by atoms with Crippen molar-refractivity contribution in [3.05, 3.63) is 0 Å². The Hall–Kier alpha value is -1.10. The summed E-state index contributed by atoms with van der Waals surface area (Å²) in [4.78, 5) is 23.6. The minimum absolute atomic E-state index is 0.0378. The lowest BCUT2D eigenvalue weighted by molar-refractivity contribution is -0.158. The zero-order chi connectivity index (χ0) is 11.1. The Bertz CT molecular complexity index is 293. The van der Waals surface area contributed by atoms with Gasteiger partial charge in [-0.15, -0.1) is 0 Å². The fourth-order valence-corrected chi connectivity index (χ4v) is 1.98. The second kappa shape index (κ2) is 3.48. The molecule has 5 heteroatoms. The molecule has 84 valence electrons. The molecular formula is C10H16N2O3. The van der Waals surface area contributed by atoms with Crippen LogP contribution in [0.5, 0.6) is 0 Å². The molecule has 2 rings (SSSR count). The van der Waals surface area contributed by atoms with Gasteiger partial charge in [-0.1, -0.05) is 0 Å². The predicted molar refractivity (Wildman–Crippen MR) is 52.9 cm³/mol. The molecule has 1 saturated heterocycles. The number of carbonyl (C=O) groups excluding carboxylic acids is 2. The van der Waals surface area contributed by atoms with Crippen LogP contribution in [0.25, 0.3) is 0 Å². The maximum atomic E-state index is 11.5. The normalized spacial score (nSPS) is 23.2. The van der Waals surface area contributed by atoms with E-state index < -0.39 is 5.60 Å². The average molecular weight is 212 g/mol. The minimum atomic E-state index is -0.633. The summed E-state index contributed by atoms with van der Waals surface area (Å²) in [6.45, 7) is 2.27. The van der Waals surface area contributed by atoms with Crippen LogP contribution in [0.3, 0.4) is 0 Å². The molecule has 0 spiro atoms. The van der Waals surface area contributed by atoms with Crippen molar-refractivity contribution in [1.29, 1.82) is 0 Å². The SMILES string of the molecule is CC(=O)NCC(=O)N1CC(O)(C2CC2)C1. The molecule has 2 aliphatic rings. The maximum absolute atomic E-state index is 11.5. The van der Waals surface area contributed by atoms with Crippen molar-refractivity contribution < 1.29 is 14.7 Å². The molecule has 0 bridgehead atoms. The number of nitrogens with one attached hydrogen (secondary N) is 1. The van der Waals surface area contributed by atoms with Crippen LogP contribution in [0.4, 0.5) is 0 Å². The van der Waals surface area contributed by atoms with Crippen molar-refractivity contribution >= 4 is 11.8 Å². The lowest BCUT2D eigenvalue weighted by Gasteiger charge is -2.47. The van der Waals surface area contributed by atoms with Gasteiger partial charge >= 0.3 is 0 Å². The first-order valence-corrected chi connectivity index (χ1v) is 5.26. The van der Waals surface area contributed by atoms with Gasteiger partial charge in [0.1, 0.15) is 5.60 Å². The number of hydrogen-bond acceptors (Lipinski definition) is 3. The van der Waals surface area contributed by atoms with Crippen molar-refractivity contribution in [2.45, 2.75) is 25.4 Å². The summed E-state index contributed by atoms with van der Waals surface area (Å²) >= 11 is 0. The number of aliphatic hydroxyl groups is 1. The summed E-state index contributed by atoms with van der Waals surface area (Å²) in [5.41, 5.74) is -0.633. The van der Waals surface area contributed by atoms with E-state index >= 15 is 0 Å². The van der Waals surface area contributed by atoms with Crippen LogP contribution in [0.15, 0.2) is 0 Å². The molecule has 0 aromatic rings. The number of hydrogen-bond donors (Lipinski definition) is 2. The third-order valence-electron chi connectivity index (χ3n) is 3.11. The molecule has 5 nitrogen and oxygen atoms in total. The molecule has 1 aliphatic heterocycles. The monoisotopic (exact) mass is 212 g/mol. The summed E-state index contributed by atoms with van der Waals surface area (Å²) in [6, 6.07) is 0. The fraction of sp³-hybridized carbons (Fsp3) is 0.800. The van der Waals surface area contributed by atoms with E-state index in [4.69, 9.17) is 0 Å². The quantitative estimate of drug-likeness (QED) is 0.637. The predicted octanol–water partition coefficient (Wildman–Crippen LogP) is -0.894. The summed E-state index contributed by atoms with van der Waals surface area (Å²) < 4.78 is 0. The third kappa shape index (κ3) is 2.12. The van der Waals surface area contributed by atoms with E-state index in [2.05, 4.69) is 5.32 Å². The van der Waals surface area contributed by atoms with E-state index in [1.807, 2.05) is 0 Å². The Morgan fingerprint density at radius 1 is 1.47 bits per heavy atom. The summed E-state index contributed by atoms with van der Waals surface area (Å²) in [6.07, 6.45) is 2.15. The number of β-amino-alcohol motifs (C(OH)–C–C–N with tert-alkyl or cyclic N) is 1. The standard InChI is InChI=1S/C10H16N2O3/c1-7(13)11-4-9(14)12-5-10(15,6-12)8-2-3-8/h8,15H,2-6H2,1H3,(H,11,13). The van der Waals surface area contributed by atoms with Crippen LogP contribution >= 0.6 is 0 Å². The van der Waals surface area contributed by atoms with E-state index in [-0.39, 0.29) is 18.4 Å². The molecule has 0 radical (unpaired) electrons. The topological polar surface area (TPSA) is 69.6 Å². The lowest BCUT2D eigenvalue weighted by atomic mass is 9.89. The molecule has 1 saturated carbocycles. The maximum Gasteiger partial charge on any atom is 0.242 e. The Morgan fingerprint density at radius 3 is 2.53 bits per heavy atom. The van der Waals surface area contributed by atoms with Crippen LogP contribution in [0, 0.1) is 5.92 Å². The van der Waals surface area contributed by atoms with Crippen LogP contribution in [0.1, 0.15) is 19.8 Å². The molecule has 0 atom stereocenters. The molecule has 1 heterocycles. The smallest absolute Gasteiger partial charge is 0.242 e. The van der Waals surface area contributed by atoms with Gasteiger partial charge in [0.15, 0.2) is 0 Å². The van der Waals surface area contributed by atoms with Crippen molar-refractivity contribution in [3.63, 3.8) is 0 Å². The van der Waals surface area contributed by atoms with Crippen molar-refractivity contribution in [2.24, 2.45) is 5.92 Å². The van der Waals surface area contributed by atoms with Gasteiger partial charge in [-0.2, -0.15) is 0 Å². The van der Waals surface area contributed by atoms with E-state index in [1.54, 1.807) is 4.90 Å². The second-order valence-electron chi connectivity index (χ2n) is 4.54. The molecule has 0 aromatic heterocycles. The minimum Gasteiger partial charge on any atom is -0.386 e.